The monoisotopic (exact) mass is 708 g/mol. The predicted octanol–water partition coefficient (Wildman–Crippen LogP) is 5.16. The summed E-state index contributed by atoms with van der Waals surface area (Å²) in [4.78, 5) is 0. The van der Waals surface area contributed by atoms with Crippen LogP contribution < -0.4 is 24.8 Å². The Bertz CT molecular complexity index is 1880. The van der Waals surface area contributed by atoms with E-state index in [9.17, 15) is 0 Å². The predicted molar refractivity (Wildman–Crippen MR) is 186 cm³/mol. The van der Waals surface area contributed by atoms with Crippen molar-refractivity contribution < 1.29 is 49.0 Å². The number of allylic oxidation sites excluding steroid dienone is 4. The van der Waals surface area contributed by atoms with Gasteiger partial charge in [-0.05, 0) is 11.1 Å². The molecule has 0 N–H and O–H groups in total. The Kier molecular flexibility index (Phi) is 13.4. The van der Waals surface area contributed by atoms with Gasteiger partial charge in [0.05, 0.1) is 0 Å². The van der Waals surface area contributed by atoms with Gasteiger partial charge in [-0.15, -0.1) is 46.2 Å². The minimum atomic E-state index is 0. The Labute approximate surface area is 299 Å². The van der Waals surface area contributed by atoms with Gasteiger partial charge in [-0.2, -0.15) is 6.08 Å². The molecule has 0 atom stereocenters. The number of halogens is 2. The molecule has 0 unspecified atom stereocenters. The fourth-order valence-electron chi connectivity index (χ4n) is 5.36. The molecule has 3 heteroatoms. The van der Waals surface area contributed by atoms with Crippen LogP contribution in [0.1, 0.15) is 17.5 Å². The van der Waals surface area contributed by atoms with Gasteiger partial charge in [0, 0.05) is 0 Å². The van der Waals surface area contributed by atoms with Crippen molar-refractivity contribution in [1.82, 2.24) is 0 Å². The maximum Gasteiger partial charge on any atom is -0.0259 e. The van der Waals surface area contributed by atoms with Crippen LogP contribution in [-0.4, -0.2) is 3.21 Å². The minimum absolute atomic E-state index is 0. The first kappa shape index (κ1) is 34.9. The average Bonchev–Trinajstić information content (AvgIpc) is 3.81. The molecule has 0 heterocycles. The summed E-state index contributed by atoms with van der Waals surface area (Å²) >= 11 is 1.46. The van der Waals surface area contributed by atoms with Crippen molar-refractivity contribution in [3.8, 4) is 22.3 Å². The van der Waals surface area contributed by atoms with E-state index in [4.69, 9.17) is 0 Å². The normalized spacial score (nSPS) is 11.0. The number of rotatable bonds is 4. The first-order valence-electron chi connectivity index (χ1n) is 14.9. The third-order valence-electron chi connectivity index (χ3n) is 7.63. The van der Waals surface area contributed by atoms with E-state index in [0.717, 1.165) is 6.42 Å². The molecule has 0 saturated heterocycles. The fraction of sp³-hybridized carbons (Fsp3) is 0.0233. The Morgan fingerprint density at radius 2 is 0.913 bits per heavy atom. The Balaban J connectivity index is 0.000000193. The van der Waals surface area contributed by atoms with Gasteiger partial charge in [0.25, 0.3) is 0 Å². The summed E-state index contributed by atoms with van der Waals surface area (Å²) in [5.41, 5.74) is 7.73. The van der Waals surface area contributed by atoms with Crippen molar-refractivity contribution in [2.45, 2.75) is 6.42 Å². The topological polar surface area (TPSA) is 0 Å². The minimum Gasteiger partial charge on any atom is -0.126 e. The van der Waals surface area contributed by atoms with Gasteiger partial charge >= 0.3 is 99.2 Å². The molecule has 1 aliphatic rings. The van der Waals surface area contributed by atoms with E-state index >= 15 is 0 Å². The van der Waals surface area contributed by atoms with E-state index in [1.807, 2.05) is 12.2 Å². The van der Waals surface area contributed by atoms with Crippen molar-refractivity contribution in [3.63, 3.8) is 0 Å². The van der Waals surface area contributed by atoms with Gasteiger partial charge in [-0.3, -0.25) is 6.08 Å². The molecule has 1 aliphatic carbocycles. The van der Waals surface area contributed by atoms with Crippen molar-refractivity contribution in [1.29, 1.82) is 0 Å². The third-order valence-corrected chi connectivity index (χ3v) is 9.05. The van der Waals surface area contributed by atoms with Crippen LogP contribution in [0.25, 0.3) is 43.8 Å². The zero-order chi connectivity index (χ0) is 30.0. The second-order valence-electron chi connectivity index (χ2n) is 10.6. The van der Waals surface area contributed by atoms with Gasteiger partial charge in [0.2, 0.25) is 0 Å². The second kappa shape index (κ2) is 17.6. The van der Waals surface area contributed by atoms with E-state index in [1.54, 1.807) is 0 Å². The van der Waals surface area contributed by atoms with Gasteiger partial charge in [-0.1, -0.05) is 96.1 Å². The molecular weight excluding hydrogens is 679 g/mol. The van der Waals surface area contributed by atoms with Gasteiger partial charge in [-0.25, -0.2) is 12.2 Å². The molecule has 0 fully saturated rings. The standard InChI is InChI=1S/C25H17.C13H10.C5H5.2ClH.Zr/c1-3-7-18(8-4-1)20-11-13-24-22(15-20)17-23-16-21(12-14-25(23)24)19-9-5-2-6-10-19;1-3-7-12(8-4-1)11-13-9-5-2-6-10-13;1-2-4-5-3-1;;;/h1-17H;1-10H;1-3H,4H2;2*1H;/q-1;;-1;;;+2/p-2. The first-order valence-corrected chi connectivity index (χ1v) is 16.1. The molecule has 0 nitrogen and oxygen atoms in total. The van der Waals surface area contributed by atoms with Crippen molar-refractivity contribution in [2.75, 3.05) is 0 Å². The molecule has 46 heavy (non-hydrogen) atoms. The Morgan fingerprint density at radius 1 is 0.500 bits per heavy atom. The van der Waals surface area contributed by atoms with Crippen molar-refractivity contribution in [3.05, 3.63) is 199 Å². The molecule has 7 aromatic carbocycles. The fourth-order valence-corrected chi connectivity index (χ4v) is 6.18. The van der Waals surface area contributed by atoms with Crippen molar-refractivity contribution >= 4 is 24.8 Å². The maximum absolute atomic E-state index is 2.99. The van der Waals surface area contributed by atoms with Crippen LogP contribution in [0.4, 0.5) is 0 Å². The van der Waals surface area contributed by atoms with Crippen LogP contribution in [0.15, 0.2) is 182 Å². The van der Waals surface area contributed by atoms with Gasteiger partial charge in [0.15, 0.2) is 0 Å². The molecule has 0 aromatic heterocycles. The zero-order valence-corrected chi connectivity index (χ0v) is 29.3. The van der Waals surface area contributed by atoms with Crippen molar-refractivity contribution in [2.24, 2.45) is 0 Å². The van der Waals surface area contributed by atoms with Crippen LogP contribution in [0.5, 0.6) is 0 Å². The van der Waals surface area contributed by atoms with Crippen LogP contribution in [0, 0.1) is 6.08 Å². The summed E-state index contributed by atoms with van der Waals surface area (Å²) in [5, 5.41) is 5.27. The van der Waals surface area contributed by atoms with Crippen LogP contribution in [0.2, 0.25) is 0 Å². The molecule has 0 radical (unpaired) electrons. The molecule has 7 aromatic rings. The summed E-state index contributed by atoms with van der Waals surface area (Å²) in [6, 6.07) is 58.1. The molecule has 0 amide bonds. The second-order valence-corrected chi connectivity index (χ2v) is 11.8. The number of fused-ring (bicyclic) bond motifs is 3. The summed E-state index contributed by atoms with van der Waals surface area (Å²) in [7, 11) is 0. The average molecular weight is 711 g/mol. The molecule has 224 valence electrons. The first-order chi connectivity index (χ1) is 21.8. The molecule has 0 spiro atoms. The number of hydrogen-bond acceptors (Lipinski definition) is 0. The largest absolute Gasteiger partial charge is 0.126 e. The van der Waals surface area contributed by atoms with E-state index in [0.29, 0.717) is 0 Å². The molecule has 8 rings (SSSR count). The van der Waals surface area contributed by atoms with Crippen LogP contribution in [0.3, 0.4) is 0 Å². The molecule has 0 bridgehead atoms. The summed E-state index contributed by atoms with van der Waals surface area (Å²) in [5.74, 6) is 0. The van der Waals surface area contributed by atoms with Crippen LogP contribution in [-0.2, 0) is 24.2 Å². The Morgan fingerprint density at radius 3 is 1.26 bits per heavy atom. The molecule has 0 aliphatic heterocycles. The van der Waals surface area contributed by atoms with E-state index in [2.05, 4.69) is 176 Å². The molecular formula is C43H32Cl2Zr-2. The quantitative estimate of drug-likeness (QED) is 0.222. The van der Waals surface area contributed by atoms with Gasteiger partial charge < -0.3 is 24.8 Å². The smallest absolute Gasteiger partial charge is 0.0259 e. The van der Waals surface area contributed by atoms with Gasteiger partial charge in [0.1, 0.15) is 0 Å². The Hall–Kier alpha value is -4.00. The third kappa shape index (κ3) is 8.83. The SMILES string of the molecule is [C-]1=CC=CC1.[Cl-].[Cl-].[Zr+2]=[C](c1ccccc1)c1ccccc1.c1ccc(-c2ccc3c(c2)[cH-]c2cc(-c4ccccc4)ccc23)cc1. The summed E-state index contributed by atoms with van der Waals surface area (Å²) in [6.07, 6.45) is 10.0. The maximum atomic E-state index is 2.99. The summed E-state index contributed by atoms with van der Waals surface area (Å²) < 4.78 is 1.42. The summed E-state index contributed by atoms with van der Waals surface area (Å²) in [6.45, 7) is 0. The van der Waals surface area contributed by atoms with E-state index in [-0.39, 0.29) is 24.8 Å². The zero-order valence-electron chi connectivity index (χ0n) is 25.3. The molecule has 0 saturated carbocycles. The van der Waals surface area contributed by atoms with E-state index < -0.39 is 0 Å². The number of benzene rings is 6. The van der Waals surface area contributed by atoms with E-state index in [1.165, 1.54) is 82.4 Å². The number of hydrogen-bond donors (Lipinski definition) is 0. The van der Waals surface area contributed by atoms with Crippen LogP contribution >= 0.6 is 0 Å².